The lowest BCUT2D eigenvalue weighted by molar-refractivity contribution is 0.900. The third kappa shape index (κ3) is 2.97. The number of benzene rings is 2. The highest BCUT2D eigenvalue weighted by Crippen LogP contribution is 2.25. The van der Waals surface area contributed by atoms with Crippen molar-refractivity contribution in [3.05, 3.63) is 58.8 Å². The molecule has 3 aromatic rings. The molecular weight excluding hydrogens is 328 g/mol. The normalized spacial score (nSPS) is 10.8. The minimum absolute atomic E-state index is 0.718. The second-order valence-corrected chi connectivity index (χ2v) is 5.87. The molecule has 0 bridgehead atoms. The molecule has 1 aromatic heterocycles. The standard InChI is InChI=1S/C16H15BrN4/c1-21(9-11-2-4-12(17)5-3-11)16-14-8-13(18)6-7-15(14)19-10-20-16/h2-8,10H,9,18H2,1H3. The van der Waals surface area contributed by atoms with Crippen molar-refractivity contribution in [3.8, 4) is 0 Å². The van der Waals surface area contributed by atoms with Gasteiger partial charge in [-0.25, -0.2) is 9.97 Å². The smallest absolute Gasteiger partial charge is 0.139 e. The van der Waals surface area contributed by atoms with E-state index in [1.54, 1.807) is 6.33 Å². The highest BCUT2D eigenvalue weighted by atomic mass is 79.9. The molecule has 3 rings (SSSR count). The first-order valence-electron chi connectivity index (χ1n) is 6.59. The Balaban J connectivity index is 1.95. The Morgan fingerprint density at radius 3 is 2.62 bits per heavy atom. The van der Waals surface area contributed by atoms with E-state index in [1.165, 1.54) is 5.56 Å². The maximum Gasteiger partial charge on any atom is 0.139 e. The molecular formula is C16H15BrN4. The molecule has 106 valence electrons. The average Bonchev–Trinajstić information content (AvgIpc) is 2.49. The van der Waals surface area contributed by atoms with Crippen molar-refractivity contribution >= 4 is 38.3 Å². The van der Waals surface area contributed by atoms with Gasteiger partial charge in [-0.1, -0.05) is 28.1 Å². The van der Waals surface area contributed by atoms with Crippen LogP contribution in [0.15, 0.2) is 53.3 Å². The molecule has 1 heterocycles. The minimum Gasteiger partial charge on any atom is -0.399 e. The first-order chi connectivity index (χ1) is 10.1. The third-order valence-corrected chi connectivity index (χ3v) is 3.86. The van der Waals surface area contributed by atoms with Crippen molar-refractivity contribution in [2.75, 3.05) is 17.7 Å². The van der Waals surface area contributed by atoms with Crippen molar-refractivity contribution in [2.45, 2.75) is 6.54 Å². The van der Waals surface area contributed by atoms with E-state index in [2.05, 4.69) is 42.9 Å². The highest BCUT2D eigenvalue weighted by Gasteiger charge is 2.09. The second-order valence-electron chi connectivity index (χ2n) is 4.96. The van der Waals surface area contributed by atoms with Crippen molar-refractivity contribution in [2.24, 2.45) is 0 Å². The highest BCUT2D eigenvalue weighted by molar-refractivity contribution is 9.10. The molecule has 0 saturated heterocycles. The Morgan fingerprint density at radius 2 is 1.86 bits per heavy atom. The number of nitrogens with two attached hydrogens (primary N) is 1. The molecule has 0 radical (unpaired) electrons. The minimum atomic E-state index is 0.718. The van der Waals surface area contributed by atoms with E-state index in [9.17, 15) is 0 Å². The topological polar surface area (TPSA) is 55.0 Å². The van der Waals surface area contributed by atoms with Gasteiger partial charge in [0, 0.05) is 29.1 Å². The summed E-state index contributed by atoms with van der Waals surface area (Å²) in [6, 6.07) is 14.0. The largest absolute Gasteiger partial charge is 0.399 e. The number of fused-ring (bicyclic) bond motifs is 1. The molecule has 0 unspecified atom stereocenters. The lowest BCUT2D eigenvalue weighted by Gasteiger charge is -2.20. The fourth-order valence-corrected chi connectivity index (χ4v) is 2.57. The van der Waals surface area contributed by atoms with Crippen LogP contribution in [0.25, 0.3) is 10.9 Å². The van der Waals surface area contributed by atoms with Crippen LogP contribution in [-0.4, -0.2) is 17.0 Å². The number of halogens is 1. The number of hydrogen-bond acceptors (Lipinski definition) is 4. The van der Waals surface area contributed by atoms with Crippen molar-refractivity contribution in [1.29, 1.82) is 0 Å². The molecule has 2 N–H and O–H groups in total. The number of nitrogen functional groups attached to an aromatic ring is 1. The predicted octanol–water partition coefficient (Wildman–Crippen LogP) is 3.61. The Bertz CT molecular complexity index is 771. The molecule has 5 heteroatoms. The summed E-state index contributed by atoms with van der Waals surface area (Å²) in [7, 11) is 2.02. The van der Waals surface area contributed by atoms with Crippen LogP contribution in [-0.2, 0) is 6.54 Å². The van der Waals surface area contributed by atoms with Gasteiger partial charge >= 0.3 is 0 Å². The molecule has 0 aliphatic carbocycles. The van der Waals surface area contributed by atoms with E-state index in [4.69, 9.17) is 5.73 Å². The van der Waals surface area contributed by atoms with Gasteiger partial charge in [0.25, 0.3) is 0 Å². The summed E-state index contributed by atoms with van der Waals surface area (Å²) in [6.45, 7) is 0.772. The van der Waals surface area contributed by atoms with Gasteiger partial charge in [0.1, 0.15) is 12.1 Å². The third-order valence-electron chi connectivity index (χ3n) is 3.33. The first-order valence-corrected chi connectivity index (χ1v) is 7.38. The molecule has 0 atom stereocenters. The lowest BCUT2D eigenvalue weighted by atomic mass is 10.2. The maximum atomic E-state index is 5.88. The zero-order valence-corrected chi connectivity index (χ0v) is 13.2. The van der Waals surface area contributed by atoms with Gasteiger partial charge in [-0.15, -0.1) is 0 Å². The maximum absolute atomic E-state index is 5.88. The molecule has 4 nitrogen and oxygen atoms in total. The van der Waals surface area contributed by atoms with Gasteiger partial charge in [0.05, 0.1) is 5.52 Å². The van der Waals surface area contributed by atoms with E-state index in [-0.39, 0.29) is 0 Å². The molecule has 0 saturated carbocycles. The molecule has 0 fully saturated rings. The Labute approximate surface area is 131 Å². The van der Waals surface area contributed by atoms with Gasteiger partial charge in [-0.2, -0.15) is 0 Å². The summed E-state index contributed by atoms with van der Waals surface area (Å²) in [4.78, 5) is 10.8. The van der Waals surface area contributed by atoms with Gasteiger partial charge in [-0.3, -0.25) is 0 Å². The summed E-state index contributed by atoms with van der Waals surface area (Å²) in [5.41, 5.74) is 8.72. The van der Waals surface area contributed by atoms with Crippen LogP contribution >= 0.6 is 15.9 Å². The Hall–Kier alpha value is -2.14. The zero-order valence-electron chi connectivity index (χ0n) is 11.6. The summed E-state index contributed by atoms with van der Waals surface area (Å²) in [5.74, 6) is 0.884. The molecule has 0 amide bonds. The lowest BCUT2D eigenvalue weighted by Crippen LogP contribution is -2.18. The molecule has 0 aliphatic rings. The average molecular weight is 343 g/mol. The van der Waals surface area contributed by atoms with Crippen LogP contribution in [0.3, 0.4) is 0 Å². The van der Waals surface area contributed by atoms with Gasteiger partial charge in [0.2, 0.25) is 0 Å². The summed E-state index contributed by atoms with van der Waals surface area (Å²) < 4.78 is 1.08. The van der Waals surface area contributed by atoms with Crippen LogP contribution < -0.4 is 10.6 Å². The van der Waals surface area contributed by atoms with Crippen molar-refractivity contribution in [3.63, 3.8) is 0 Å². The van der Waals surface area contributed by atoms with Crippen LogP contribution in [0.1, 0.15) is 5.56 Å². The summed E-state index contributed by atoms with van der Waals surface area (Å²) in [5, 5.41) is 0.970. The Kier molecular flexibility index (Phi) is 3.75. The fraction of sp³-hybridized carbons (Fsp3) is 0.125. The SMILES string of the molecule is CN(Cc1ccc(Br)cc1)c1ncnc2ccc(N)cc12. The van der Waals surface area contributed by atoms with E-state index in [0.717, 1.165) is 33.4 Å². The molecule has 2 aromatic carbocycles. The quantitative estimate of drug-likeness (QED) is 0.738. The number of nitrogens with zero attached hydrogens (tertiary/aromatic N) is 3. The monoisotopic (exact) mass is 342 g/mol. The molecule has 0 spiro atoms. The Morgan fingerprint density at radius 1 is 1.10 bits per heavy atom. The second kappa shape index (κ2) is 5.69. The van der Waals surface area contributed by atoms with Gasteiger partial charge in [-0.05, 0) is 35.9 Å². The zero-order chi connectivity index (χ0) is 14.8. The van der Waals surface area contributed by atoms with E-state index < -0.39 is 0 Å². The van der Waals surface area contributed by atoms with E-state index in [0.29, 0.717) is 0 Å². The van der Waals surface area contributed by atoms with Gasteiger partial charge in [0.15, 0.2) is 0 Å². The molecule has 21 heavy (non-hydrogen) atoms. The van der Waals surface area contributed by atoms with Crippen LogP contribution in [0.4, 0.5) is 11.5 Å². The van der Waals surface area contributed by atoms with Crippen LogP contribution in [0.5, 0.6) is 0 Å². The van der Waals surface area contributed by atoms with Gasteiger partial charge < -0.3 is 10.6 Å². The van der Waals surface area contributed by atoms with Crippen LogP contribution in [0, 0.1) is 0 Å². The fourth-order valence-electron chi connectivity index (χ4n) is 2.30. The predicted molar refractivity (Wildman–Crippen MR) is 90.2 cm³/mol. The number of anilines is 2. The molecule has 0 aliphatic heterocycles. The van der Waals surface area contributed by atoms with Crippen molar-refractivity contribution < 1.29 is 0 Å². The number of rotatable bonds is 3. The number of hydrogen-bond donors (Lipinski definition) is 1. The first kappa shape index (κ1) is 13.8. The van der Waals surface area contributed by atoms with Crippen LogP contribution in [0.2, 0.25) is 0 Å². The summed E-state index contributed by atoms with van der Waals surface area (Å²) in [6.07, 6.45) is 1.59. The summed E-state index contributed by atoms with van der Waals surface area (Å²) >= 11 is 3.45. The van der Waals surface area contributed by atoms with Crippen molar-refractivity contribution in [1.82, 2.24) is 9.97 Å². The van der Waals surface area contributed by atoms with E-state index in [1.807, 2.05) is 37.4 Å². The van der Waals surface area contributed by atoms with E-state index >= 15 is 0 Å². The number of aromatic nitrogens is 2.